The molecule has 0 aromatic carbocycles. The highest BCUT2D eigenvalue weighted by molar-refractivity contribution is 7.91. The van der Waals surface area contributed by atoms with Crippen LogP contribution in [0.15, 0.2) is 0 Å². The molecule has 2 rings (SSSR count). The molecule has 6 heteroatoms. The molecule has 1 aliphatic heterocycles. The topological polar surface area (TPSA) is 59.1 Å². The third kappa shape index (κ3) is 3.50. The van der Waals surface area contributed by atoms with Gasteiger partial charge in [-0.05, 0) is 26.7 Å². The molecule has 17 heavy (non-hydrogen) atoms. The molecule has 0 spiro atoms. The number of aryl methyl sites for hydroxylation is 2. The molecule has 1 unspecified atom stereocenters. The van der Waals surface area contributed by atoms with E-state index < -0.39 is 9.84 Å². The van der Waals surface area contributed by atoms with E-state index in [9.17, 15) is 8.42 Å². The second kappa shape index (κ2) is 5.04. The van der Waals surface area contributed by atoms with E-state index in [0.717, 1.165) is 30.1 Å². The minimum Gasteiger partial charge on any atom is -0.308 e. The van der Waals surface area contributed by atoms with Crippen LogP contribution in [0.25, 0.3) is 0 Å². The zero-order chi connectivity index (χ0) is 12.5. The maximum atomic E-state index is 11.5. The molecule has 0 aliphatic carbocycles. The minimum absolute atomic E-state index is 0.107. The highest BCUT2D eigenvalue weighted by Crippen LogP contribution is 2.18. The number of hydrogen-bond donors (Lipinski definition) is 1. The van der Waals surface area contributed by atoms with Crippen molar-refractivity contribution in [2.24, 2.45) is 0 Å². The van der Waals surface area contributed by atoms with Gasteiger partial charge in [-0.3, -0.25) is 0 Å². The van der Waals surface area contributed by atoms with E-state index in [2.05, 4.69) is 10.3 Å². The molecular weight excluding hydrogens is 256 g/mol. The first kappa shape index (κ1) is 13.0. The average Bonchev–Trinajstić information content (AvgIpc) is 2.53. The molecule has 1 saturated heterocycles. The molecule has 96 valence electrons. The van der Waals surface area contributed by atoms with Crippen molar-refractivity contribution < 1.29 is 8.42 Å². The van der Waals surface area contributed by atoms with Crippen LogP contribution in [0.5, 0.6) is 0 Å². The van der Waals surface area contributed by atoms with Gasteiger partial charge < -0.3 is 5.32 Å². The Bertz CT molecular complexity index is 494. The van der Waals surface area contributed by atoms with Crippen molar-refractivity contribution in [3.05, 3.63) is 15.6 Å². The van der Waals surface area contributed by atoms with Gasteiger partial charge in [-0.15, -0.1) is 11.3 Å². The van der Waals surface area contributed by atoms with Crippen LogP contribution in [-0.4, -0.2) is 30.9 Å². The van der Waals surface area contributed by atoms with Gasteiger partial charge in [0.25, 0.3) is 0 Å². The van der Waals surface area contributed by atoms with E-state index in [-0.39, 0.29) is 11.8 Å². The van der Waals surface area contributed by atoms with E-state index in [1.807, 2.05) is 13.8 Å². The van der Waals surface area contributed by atoms with Gasteiger partial charge in [-0.1, -0.05) is 0 Å². The van der Waals surface area contributed by atoms with Gasteiger partial charge in [-0.2, -0.15) is 0 Å². The van der Waals surface area contributed by atoms with Gasteiger partial charge in [0.05, 0.1) is 22.2 Å². The molecule has 1 atom stereocenters. The normalized spacial score (nSPS) is 23.8. The minimum atomic E-state index is -2.82. The molecule has 4 nitrogen and oxygen atoms in total. The third-order valence-electron chi connectivity index (χ3n) is 3.01. The fourth-order valence-electron chi connectivity index (χ4n) is 2.16. The van der Waals surface area contributed by atoms with Crippen LogP contribution < -0.4 is 5.32 Å². The highest BCUT2D eigenvalue weighted by atomic mass is 32.2. The van der Waals surface area contributed by atoms with Crippen molar-refractivity contribution >= 4 is 21.2 Å². The predicted octanol–water partition coefficient (Wildman–Crippen LogP) is 1.43. The molecule has 1 fully saturated rings. The van der Waals surface area contributed by atoms with Crippen molar-refractivity contribution in [3.8, 4) is 0 Å². The summed E-state index contributed by atoms with van der Waals surface area (Å²) in [5.41, 5.74) is 1.05. The van der Waals surface area contributed by atoms with Crippen molar-refractivity contribution in [1.82, 2.24) is 10.3 Å². The van der Waals surface area contributed by atoms with Gasteiger partial charge in [0.1, 0.15) is 0 Å². The predicted molar refractivity (Wildman–Crippen MR) is 70.1 cm³/mol. The summed E-state index contributed by atoms with van der Waals surface area (Å²) < 4.78 is 23.0. The lowest BCUT2D eigenvalue weighted by molar-refractivity contribution is 0.481. The zero-order valence-corrected chi connectivity index (χ0v) is 11.8. The lowest BCUT2D eigenvalue weighted by Gasteiger charge is -2.22. The number of nitrogens with one attached hydrogen (secondary N) is 1. The van der Waals surface area contributed by atoms with Crippen molar-refractivity contribution in [1.29, 1.82) is 0 Å². The summed E-state index contributed by atoms with van der Waals surface area (Å²) in [6, 6.07) is 0.107. The molecule has 0 bridgehead atoms. The highest BCUT2D eigenvalue weighted by Gasteiger charge is 2.24. The summed E-state index contributed by atoms with van der Waals surface area (Å²) >= 11 is 1.68. The van der Waals surface area contributed by atoms with E-state index in [1.165, 1.54) is 4.88 Å². The Morgan fingerprint density at radius 3 is 2.82 bits per heavy atom. The summed E-state index contributed by atoms with van der Waals surface area (Å²) in [6.07, 6.45) is 1.73. The summed E-state index contributed by atoms with van der Waals surface area (Å²) in [5.74, 6) is 0.633. The Kier molecular flexibility index (Phi) is 3.85. The smallest absolute Gasteiger partial charge is 0.151 e. The zero-order valence-electron chi connectivity index (χ0n) is 10.2. The van der Waals surface area contributed by atoms with Crippen LogP contribution in [0.1, 0.15) is 28.4 Å². The first-order valence-electron chi connectivity index (χ1n) is 5.83. The molecule has 0 radical (unpaired) electrons. The summed E-state index contributed by atoms with van der Waals surface area (Å²) in [5, 5.41) is 4.40. The van der Waals surface area contributed by atoms with E-state index in [1.54, 1.807) is 11.3 Å². The average molecular weight is 274 g/mol. The maximum Gasteiger partial charge on any atom is 0.151 e. The Morgan fingerprint density at radius 1 is 1.47 bits per heavy atom. The van der Waals surface area contributed by atoms with Crippen LogP contribution in [0.3, 0.4) is 0 Å². The Hall–Kier alpha value is -0.460. The van der Waals surface area contributed by atoms with Gasteiger partial charge in [-0.25, -0.2) is 13.4 Å². The van der Waals surface area contributed by atoms with Crippen LogP contribution in [0.2, 0.25) is 0 Å². The second-order valence-electron chi connectivity index (χ2n) is 4.58. The van der Waals surface area contributed by atoms with Crippen LogP contribution >= 0.6 is 11.3 Å². The van der Waals surface area contributed by atoms with Gasteiger partial charge in [0, 0.05) is 17.5 Å². The molecule has 1 aromatic heterocycles. The number of aromatic nitrogens is 1. The molecule has 1 aliphatic rings. The molecule has 0 saturated carbocycles. The quantitative estimate of drug-likeness (QED) is 0.906. The van der Waals surface area contributed by atoms with Crippen LogP contribution in [0.4, 0.5) is 0 Å². The molecule has 0 amide bonds. The lowest BCUT2D eigenvalue weighted by Crippen LogP contribution is -2.39. The number of nitrogens with zero attached hydrogens (tertiary/aromatic N) is 1. The van der Waals surface area contributed by atoms with Crippen LogP contribution in [-0.2, 0) is 16.4 Å². The third-order valence-corrected chi connectivity index (χ3v) is 5.91. The summed E-state index contributed by atoms with van der Waals surface area (Å²) in [4.78, 5) is 5.58. The molecule has 1 aromatic rings. The fourth-order valence-corrected chi connectivity index (χ4v) is 4.72. The molecule has 2 heterocycles. The maximum absolute atomic E-state index is 11.5. The SMILES string of the molecule is Cc1nc(C)c(CNC2CCCS(=O)(=O)C2)s1. The van der Waals surface area contributed by atoms with Gasteiger partial charge in [0.15, 0.2) is 9.84 Å². The van der Waals surface area contributed by atoms with Gasteiger partial charge in [0.2, 0.25) is 0 Å². The lowest BCUT2D eigenvalue weighted by atomic mass is 10.2. The van der Waals surface area contributed by atoms with E-state index in [4.69, 9.17) is 0 Å². The monoisotopic (exact) mass is 274 g/mol. The Morgan fingerprint density at radius 2 is 2.24 bits per heavy atom. The van der Waals surface area contributed by atoms with Gasteiger partial charge >= 0.3 is 0 Å². The standard InChI is InChI=1S/C11H18N2O2S2/c1-8-11(16-9(2)13-8)6-12-10-4-3-5-17(14,15)7-10/h10,12H,3-7H2,1-2H3. The van der Waals surface area contributed by atoms with Crippen molar-refractivity contribution in [3.63, 3.8) is 0 Å². The number of rotatable bonds is 3. The Labute approximate surface area is 106 Å². The van der Waals surface area contributed by atoms with Crippen molar-refractivity contribution in [2.45, 2.75) is 39.3 Å². The summed E-state index contributed by atoms with van der Waals surface area (Å²) in [6.45, 7) is 4.72. The van der Waals surface area contributed by atoms with E-state index >= 15 is 0 Å². The molecule has 1 N–H and O–H groups in total. The largest absolute Gasteiger partial charge is 0.308 e. The first-order chi connectivity index (χ1) is 7.96. The number of hydrogen-bond acceptors (Lipinski definition) is 5. The van der Waals surface area contributed by atoms with E-state index in [0.29, 0.717) is 5.75 Å². The first-order valence-corrected chi connectivity index (χ1v) is 8.47. The summed E-state index contributed by atoms with van der Waals surface area (Å²) in [7, 11) is -2.82. The Balaban J connectivity index is 1.92. The number of thiazole rings is 1. The number of sulfone groups is 1. The fraction of sp³-hybridized carbons (Fsp3) is 0.727. The second-order valence-corrected chi connectivity index (χ2v) is 8.09. The van der Waals surface area contributed by atoms with Crippen LogP contribution in [0, 0.1) is 13.8 Å². The molecular formula is C11H18N2O2S2. The van der Waals surface area contributed by atoms with Crippen molar-refractivity contribution in [2.75, 3.05) is 11.5 Å².